The summed E-state index contributed by atoms with van der Waals surface area (Å²) in [5.74, 6) is 0.193. The molecule has 0 aliphatic carbocycles. The lowest BCUT2D eigenvalue weighted by atomic mass is 9.89. The first-order valence-electron chi connectivity index (χ1n) is 13.6. The van der Waals surface area contributed by atoms with Gasteiger partial charge in [0.15, 0.2) is 11.9 Å². The molecule has 0 saturated carbocycles. The molecule has 0 N–H and O–H groups in total. The van der Waals surface area contributed by atoms with Gasteiger partial charge in [0.25, 0.3) is 0 Å². The molecule has 2 aliphatic rings. The SMILES string of the molecule is CO[C@@H]1[C@H]2OC(=O)O[C@H]2[C@H](Oc2ccc3cc(CC(=O)c4ccc(-c5ccccc5)cc4)c(=O)oc3c2C)OC1(C)C. The molecule has 0 spiro atoms. The molecule has 4 aromatic rings. The second-order valence-electron chi connectivity index (χ2n) is 11.0. The van der Waals surface area contributed by atoms with Crippen LogP contribution in [0, 0.1) is 6.92 Å². The van der Waals surface area contributed by atoms with Gasteiger partial charge in [-0.1, -0.05) is 54.6 Å². The maximum Gasteiger partial charge on any atom is 0.509 e. The van der Waals surface area contributed by atoms with Gasteiger partial charge >= 0.3 is 11.8 Å². The molecule has 0 radical (unpaired) electrons. The van der Waals surface area contributed by atoms with E-state index in [1.165, 1.54) is 7.11 Å². The fraction of sp³-hybridized carbons (Fsp3) is 0.303. The first kappa shape index (κ1) is 27.7. The van der Waals surface area contributed by atoms with E-state index in [0.29, 0.717) is 27.8 Å². The third-order valence-corrected chi connectivity index (χ3v) is 7.80. The minimum Gasteiger partial charge on any atom is -0.460 e. The highest BCUT2D eigenvalue weighted by molar-refractivity contribution is 5.98. The fourth-order valence-electron chi connectivity index (χ4n) is 5.65. The van der Waals surface area contributed by atoms with Crippen LogP contribution in [0.4, 0.5) is 4.79 Å². The average Bonchev–Trinajstić information content (AvgIpc) is 3.36. The summed E-state index contributed by atoms with van der Waals surface area (Å²) in [5.41, 5.74) is 2.24. The highest BCUT2D eigenvalue weighted by Crippen LogP contribution is 2.39. The Kier molecular flexibility index (Phi) is 7.08. The van der Waals surface area contributed by atoms with Crippen LogP contribution in [-0.2, 0) is 25.4 Å². The lowest BCUT2D eigenvalue weighted by Crippen LogP contribution is -2.62. The Balaban J connectivity index is 1.22. The molecule has 2 aliphatic heterocycles. The van der Waals surface area contributed by atoms with Crippen molar-refractivity contribution in [3.63, 3.8) is 0 Å². The van der Waals surface area contributed by atoms with Gasteiger partial charge in [-0.15, -0.1) is 0 Å². The zero-order valence-corrected chi connectivity index (χ0v) is 23.6. The monoisotopic (exact) mass is 570 g/mol. The van der Waals surface area contributed by atoms with E-state index in [1.807, 2.05) is 56.3 Å². The first-order valence-corrected chi connectivity index (χ1v) is 13.6. The molecule has 2 fully saturated rings. The molecule has 2 saturated heterocycles. The number of carbonyl (C=O) groups excluding carboxylic acids is 2. The van der Waals surface area contributed by atoms with Crippen molar-refractivity contribution in [1.82, 2.24) is 0 Å². The topological polar surface area (TPSA) is 110 Å². The summed E-state index contributed by atoms with van der Waals surface area (Å²) in [6.07, 6.45) is -4.04. The van der Waals surface area contributed by atoms with Crippen molar-refractivity contribution in [2.45, 2.75) is 57.4 Å². The summed E-state index contributed by atoms with van der Waals surface area (Å²) in [6, 6.07) is 22.3. The Hall–Kier alpha value is -4.47. The Morgan fingerprint density at radius 2 is 1.60 bits per heavy atom. The van der Waals surface area contributed by atoms with Gasteiger partial charge < -0.3 is 28.1 Å². The fourth-order valence-corrected chi connectivity index (χ4v) is 5.65. The van der Waals surface area contributed by atoms with Crippen molar-refractivity contribution in [3.05, 3.63) is 99.9 Å². The molecule has 0 unspecified atom stereocenters. The predicted octanol–water partition coefficient (Wildman–Crippen LogP) is 5.63. The minimum absolute atomic E-state index is 0.0969. The van der Waals surface area contributed by atoms with Crippen molar-refractivity contribution < 1.29 is 37.7 Å². The van der Waals surface area contributed by atoms with E-state index in [4.69, 9.17) is 28.1 Å². The van der Waals surface area contributed by atoms with E-state index >= 15 is 0 Å². The summed E-state index contributed by atoms with van der Waals surface area (Å²) in [5, 5.41) is 0.638. The first-order chi connectivity index (χ1) is 20.1. The zero-order valence-electron chi connectivity index (χ0n) is 23.6. The number of aryl methyl sites for hydroxylation is 1. The summed E-state index contributed by atoms with van der Waals surface area (Å²) in [6.45, 7) is 5.37. The highest BCUT2D eigenvalue weighted by atomic mass is 16.8. The second-order valence-corrected chi connectivity index (χ2v) is 11.0. The number of carbonyl (C=O) groups is 2. The lowest BCUT2D eigenvalue weighted by molar-refractivity contribution is -0.282. The van der Waals surface area contributed by atoms with Gasteiger partial charge in [-0.05, 0) is 50.1 Å². The molecule has 216 valence electrons. The summed E-state index contributed by atoms with van der Waals surface area (Å²) in [4.78, 5) is 37.9. The van der Waals surface area contributed by atoms with Crippen molar-refractivity contribution in [3.8, 4) is 16.9 Å². The van der Waals surface area contributed by atoms with Gasteiger partial charge in [-0.25, -0.2) is 9.59 Å². The lowest BCUT2D eigenvalue weighted by Gasteiger charge is -2.45. The largest absolute Gasteiger partial charge is 0.509 e. The zero-order chi connectivity index (χ0) is 29.6. The molecule has 9 heteroatoms. The normalized spacial score (nSPS) is 22.7. The van der Waals surface area contributed by atoms with Crippen molar-refractivity contribution in [2.24, 2.45) is 0 Å². The molecule has 0 bridgehead atoms. The average molecular weight is 571 g/mol. The molecule has 1 aromatic heterocycles. The van der Waals surface area contributed by atoms with E-state index in [1.54, 1.807) is 37.3 Å². The van der Waals surface area contributed by atoms with Crippen LogP contribution >= 0.6 is 0 Å². The number of ether oxygens (including phenoxy) is 5. The summed E-state index contributed by atoms with van der Waals surface area (Å²) >= 11 is 0. The van der Waals surface area contributed by atoms with Crippen LogP contribution in [0.1, 0.15) is 35.3 Å². The van der Waals surface area contributed by atoms with Gasteiger partial charge in [0.05, 0.1) is 5.60 Å². The number of benzene rings is 3. The van der Waals surface area contributed by atoms with Gasteiger partial charge in [-0.2, -0.15) is 0 Å². The van der Waals surface area contributed by atoms with Crippen LogP contribution in [0.15, 0.2) is 82.0 Å². The Morgan fingerprint density at radius 1 is 0.905 bits per heavy atom. The van der Waals surface area contributed by atoms with Crippen LogP contribution in [0.5, 0.6) is 5.75 Å². The van der Waals surface area contributed by atoms with Crippen LogP contribution < -0.4 is 10.4 Å². The van der Waals surface area contributed by atoms with Crippen molar-refractivity contribution >= 4 is 22.9 Å². The molecular formula is C33H30O9. The maximum absolute atomic E-state index is 13.0. The molecular weight excluding hydrogens is 540 g/mol. The van der Waals surface area contributed by atoms with Crippen molar-refractivity contribution in [1.29, 1.82) is 0 Å². The number of rotatable bonds is 7. The van der Waals surface area contributed by atoms with E-state index in [0.717, 1.165) is 11.1 Å². The Labute approximate surface area is 241 Å². The smallest absolute Gasteiger partial charge is 0.460 e. The van der Waals surface area contributed by atoms with Crippen LogP contribution in [0.2, 0.25) is 0 Å². The van der Waals surface area contributed by atoms with Gasteiger partial charge in [0.2, 0.25) is 12.4 Å². The number of Topliss-reactive ketones (excluding diaryl/α,β-unsaturated/α-hetero) is 1. The van der Waals surface area contributed by atoms with Crippen LogP contribution in [-0.4, -0.2) is 49.3 Å². The molecule has 0 amide bonds. The molecule has 3 heterocycles. The molecule has 4 atom stereocenters. The third kappa shape index (κ3) is 5.06. The molecule has 42 heavy (non-hydrogen) atoms. The molecule has 9 nitrogen and oxygen atoms in total. The van der Waals surface area contributed by atoms with E-state index in [-0.39, 0.29) is 17.8 Å². The highest BCUT2D eigenvalue weighted by Gasteiger charge is 2.59. The number of hydrogen-bond donors (Lipinski definition) is 0. The van der Waals surface area contributed by atoms with Gasteiger partial charge in [-0.3, -0.25) is 4.79 Å². The predicted molar refractivity (Wildman–Crippen MR) is 153 cm³/mol. The third-order valence-electron chi connectivity index (χ3n) is 7.80. The van der Waals surface area contributed by atoms with E-state index in [2.05, 4.69) is 0 Å². The standard InChI is InChI=1S/C33H30O9/c1-18-25(38-31-28-27(40-32(36)41-28)29(37-4)33(2,3)42-31)15-14-22-16-23(30(35)39-26(18)22)17-24(34)21-12-10-20(11-13-21)19-8-6-5-7-9-19/h5-16,27-29,31H,17H2,1-4H3/t27-,28+,29+,31+/m0/s1. The van der Waals surface area contributed by atoms with Crippen LogP contribution in [0.3, 0.4) is 0 Å². The van der Waals surface area contributed by atoms with Crippen LogP contribution in [0.25, 0.3) is 22.1 Å². The Bertz CT molecular complexity index is 1710. The number of fused-ring (bicyclic) bond motifs is 2. The van der Waals surface area contributed by atoms with Gasteiger partial charge in [0.1, 0.15) is 17.4 Å². The van der Waals surface area contributed by atoms with E-state index in [9.17, 15) is 14.4 Å². The molecule has 6 rings (SSSR count). The minimum atomic E-state index is -0.990. The number of hydrogen-bond acceptors (Lipinski definition) is 9. The van der Waals surface area contributed by atoms with Gasteiger partial charge in [0, 0.05) is 35.6 Å². The number of methoxy groups -OCH3 is 1. The quantitative estimate of drug-likeness (QED) is 0.159. The second kappa shape index (κ2) is 10.7. The maximum atomic E-state index is 13.0. The summed E-state index contributed by atoms with van der Waals surface area (Å²) in [7, 11) is 1.51. The molecule has 3 aromatic carbocycles. The van der Waals surface area contributed by atoms with E-state index < -0.39 is 42.0 Å². The Morgan fingerprint density at radius 3 is 2.31 bits per heavy atom. The number of ketones is 1. The van der Waals surface area contributed by atoms with Crippen molar-refractivity contribution in [2.75, 3.05) is 7.11 Å². The summed E-state index contributed by atoms with van der Waals surface area (Å²) < 4.78 is 34.2.